The maximum absolute atomic E-state index is 11.8. The molecule has 0 saturated heterocycles. The largest absolute Gasteiger partial charge is 0.480 e. The number of carbonyl (C=O) groups excluding carboxylic acids is 1. The number of aliphatic carboxylic acids is 1. The van der Waals surface area contributed by atoms with Gasteiger partial charge in [-0.2, -0.15) is 0 Å². The minimum absolute atomic E-state index is 0.161. The summed E-state index contributed by atoms with van der Waals surface area (Å²) in [6.45, 7) is 2.12. The van der Waals surface area contributed by atoms with Crippen molar-refractivity contribution in [3.63, 3.8) is 0 Å². The molecule has 0 aliphatic carbocycles. The Balaban J connectivity index is 2.35. The molecule has 0 spiro atoms. The van der Waals surface area contributed by atoms with Crippen LogP contribution in [0.15, 0.2) is 30.3 Å². The van der Waals surface area contributed by atoms with Crippen molar-refractivity contribution < 1.29 is 14.7 Å². The highest BCUT2D eigenvalue weighted by atomic mass is 16.4. The maximum Gasteiger partial charge on any atom is 0.326 e. The Bertz CT molecular complexity index is 431. The van der Waals surface area contributed by atoms with E-state index < -0.39 is 12.0 Å². The highest BCUT2D eigenvalue weighted by Gasteiger charge is 2.19. The molecule has 1 aromatic carbocycles. The van der Waals surface area contributed by atoms with E-state index in [0.29, 0.717) is 19.3 Å². The lowest BCUT2D eigenvalue weighted by Gasteiger charge is -2.14. The summed E-state index contributed by atoms with van der Waals surface area (Å²) in [6.07, 6.45) is 5.56. The maximum atomic E-state index is 11.8. The molecule has 1 atom stereocenters. The molecule has 116 valence electrons. The number of benzene rings is 1. The fourth-order valence-corrected chi connectivity index (χ4v) is 2.19. The lowest BCUT2D eigenvalue weighted by molar-refractivity contribution is -0.142. The van der Waals surface area contributed by atoms with E-state index in [1.54, 1.807) is 0 Å². The number of rotatable bonds is 10. The topological polar surface area (TPSA) is 66.4 Å². The quantitative estimate of drug-likeness (QED) is 0.651. The number of carboxylic acid groups (broad SMARTS) is 1. The molecule has 4 heteroatoms. The zero-order valence-corrected chi connectivity index (χ0v) is 12.7. The number of amides is 1. The van der Waals surface area contributed by atoms with Crippen LogP contribution < -0.4 is 5.32 Å². The van der Waals surface area contributed by atoms with Gasteiger partial charge in [0.05, 0.1) is 0 Å². The fraction of sp³-hybridized carbons (Fsp3) is 0.529. The molecule has 0 aromatic heterocycles. The van der Waals surface area contributed by atoms with Crippen LogP contribution in [-0.2, 0) is 16.0 Å². The first-order valence-corrected chi connectivity index (χ1v) is 7.69. The summed E-state index contributed by atoms with van der Waals surface area (Å²) in [5.41, 5.74) is 1.08. The van der Waals surface area contributed by atoms with E-state index in [4.69, 9.17) is 0 Å². The molecular formula is C17H25NO3. The molecule has 1 aromatic rings. The van der Waals surface area contributed by atoms with Gasteiger partial charge in [0.15, 0.2) is 0 Å². The highest BCUT2D eigenvalue weighted by Crippen LogP contribution is 2.07. The Hall–Kier alpha value is -1.84. The predicted octanol–water partition coefficient (Wildman–Crippen LogP) is 3.16. The van der Waals surface area contributed by atoms with Gasteiger partial charge in [-0.3, -0.25) is 4.79 Å². The second kappa shape index (κ2) is 9.97. The molecule has 0 radical (unpaired) electrons. The summed E-state index contributed by atoms with van der Waals surface area (Å²) in [5, 5.41) is 11.8. The van der Waals surface area contributed by atoms with Crippen molar-refractivity contribution in [2.24, 2.45) is 0 Å². The summed E-state index contributed by atoms with van der Waals surface area (Å²) in [5.74, 6) is -1.13. The standard InChI is InChI=1S/C17H25NO3/c1-2-3-4-8-11-16(19)18-15(17(20)21)13-12-14-9-6-5-7-10-14/h5-7,9-10,15H,2-4,8,11-13H2,1H3,(H,18,19)(H,20,21). The third kappa shape index (κ3) is 7.49. The number of carbonyl (C=O) groups is 2. The molecule has 2 N–H and O–H groups in total. The van der Waals surface area contributed by atoms with E-state index in [2.05, 4.69) is 12.2 Å². The van der Waals surface area contributed by atoms with Crippen molar-refractivity contribution in [1.29, 1.82) is 0 Å². The first-order chi connectivity index (χ1) is 10.1. The average molecular weight is 291 g/mol. The van der Waals surface area contributed by atoms with Crippen LogP contribution in [0.3, 0.4) is 0 Å². The zero-order valence-electron chi connectivity index (χ0n) is 12.7. The molecular weight excluding hydrogens is 266 g/mol. The van der Waals surface area contributed by atoms with E-state index in [9.17, 15) is 14.7 Å². The summed E-state index contributed by atoms with van der Waals surface area (Å²) < 4.78 is 0. The van der Waals surface area contributed by atoms with Crippen molar-refractivity contribution in [2.75, 3.05) is 0 Å². The van der Waals surface area contributed by atoms with Crippen LogP contribution in [0.1, 0.15) is 51.0 Å². The Morgan fingerprint density at radius 3 is 2.48 bits per heavy atom. The predicted molar refractivity (Wildman–Crippen MR) is 83.1 cm³/mol. The first-order valence-electron chi connectivity index (χ1n) is 7.69. The summed E-state index contributed by atoms with van der Waals surface area (Å²) in [6, 6.07) is 8.91. The number of hydrogen-bond donors (Lipinski definition) is 2. The monoisotopic (exact) mass is 291 g/mol. The van der Waals surface area contributed by atoms with Crippen LogP contribution in [0, 0.1) is 0 Å². The van der Waals surface area contributed by atoms with Gasteiger partial charge in [-0.15, -0.1) is 0 Å². The van der Waals surface area contributed by atoms with Crippen molar-refractivity contribution >= 4 is 11.9 Å². The van der Waals surface area contributed by atoms with Gasteiger partial charge in [-0.1, -0.05) is 56.5 Å². The van der Waals surface area contributed by atoms with Crippen LogP contribution in [0.25, 0.3) is 0 Å². The smallest absolute Gasteiger partial charge is 0.326 e. The van der Waals surface area contributed by atoms with E-state index in [0.717, 1.165) is 31.2 Å². The van der Waals surface area contributed by atoms with Gasteiger partial charge in [-0.05, 0) is 24.8 Å². The average Bonchev–Trinajstić information content (AvgIpc) is 2.48. The molecule has 1 unspecified atom stereocenters. The minimum Gasteiger partial charge on any atom is -0.480 e. The second-order valence-corrected chi connectivity index (χ2v) is 5.29. The third-order valence-electron chi connectivity index (χ3n) is 3.46. The van der Waals surface area contributed by atoms with Gasteiger partial charge >= 0.3 is 5.97 Å². The van der Waals surface area contributed by atoms with Crippen LogP contribution in [-0.4, -0.2) is 23.0 Å². The normalized spacial score (nSPS) is 11.9. The van der Waals surface area contributed by atoms with Crippen molar-refractivity contribution in [1.82, 2.24) is 5.32 Å². The molecule has 21 heavy (non-hydrogen) atoms. The van der Waals surface area contributed by atoms with E-state index >= 15 is 0 Å². The molecule has 0 heterocycles. The lowest BCUT2D eigenvalue weighted by atomic mass is 10.0. The number of carboxylic acids is 1. The Morgan fingerprint density at radius 2 is 1.86 bits per heavy atom. The molecule has 1 rings (SSSR count). The third-order valence-corrected chi connectivity index (χ3v) is 3.46. The van der Waals surface area contributed by atoms with Gasteiger partial charge in [0.25, 0.3) is 0 Å². The molecule has 1 amide bonds. The molecule has 0 aliphatic heterocycles. The molecule has 4 nitrogen and oxygen atoms in total. The molecule has 0 bridgehead atoms. The minimum atomic E-state index is -0.965. The van der Waals surface area contributed by atoms with Crippen LogP contribution in [0.2, 0.25) is 0 Å². The zero-order chi connectivity index (χ0) is 15.5. The highest BCUT2D eigenvalue weighted by molar-refractivity contribution is 5.83. The van der Waals surface area contributed by atoms with Crippen molar-refractivity contribution in [2.45, 2.75) is 57.9 Å². The summed E-state index contributed by atoms with van der Waals surface area (Å²) in [7, 11) is 0. The van der Waals surface area contributed by atoms with Gasteiger partial charge in [0, 0.05) is 6.42 Å². The van der Waals surface area contributed by atoms with Crippen LogP contribution in [0.5, 0.6) is 0 Å². The summed E-state index contributed by atoms with van der Waals surface area (Å²) in [4.78, 5) is 23.0. The first kappa shape index (κ1) is 17.2. The summed E-state index contributed by atoms with van der Waals surface area (Å²) >= 11 is 0. The molecule has 0 fully saturated rings. The molecule has 0 saturated carbocycles. The second-order valence-electron chi connectivity index (χ2n) is 5.29. The number of unbranched alkanes of at least 4 members (excludes halogenated alkanes) is 3. The fourth-order valence-electron chi connectivity index (χ4n) is 2.19. The number of nitrogens with one attached hydrogen (secondary N) is 1. The van der Waals surface area contributed by atoms with Crippen LogP contribution >= 0.6 is 0 Å². The van der Waals surface area contributed by atoms with E-state index in [1.807, 2.05) is 30.3 Å². The van der Waals surface area contributed by atoms with Gasteiger partial charge in [0.1, 0.15) is 6.04 Å². The molecule has 0 aliphatic rings. The Labute approximate surface area is 126 Å². The Kier molecular flexibility index (Phi) is 8.17. The van der Waals surface area contributed by atoms with Crippen LogP contribution in [0.4, 0.5) is 0 Å². The number of hydrogen-bond acceptors (Lipinski definition) is 2. The van der Waals surface area contributed by atoms with E-state index in [-0.39, 0.29) is 5.91 Å². The van der Waals surface area contributed by atoms with E-state index in [1.165, 1.54) is 0 Å². The van der Waals surface area contributed by atoms with Gasteiger partial charge in [-0.25, -0.2) is 4.79 Å². The van der Waals surface area contributed by atoms with Gasteiger partial charge < -0.3 is 10.4 Å². The SMILES string of the molecule is CCCCCCC(=O)NC(CCc1ccccc1)C(=O)O. The van der Waals surface area contributed by atoms with Gasteiger partial charge in [0.2, 0.25) is 5.91 Å². The number of aryl methyl sites for hydroxylation is 1. The Morgan fingerprint density at radius 1 is 1.14 bits per heavy atom. The van der Waals surface area contributed by atoms with Crippen molar-refractivity contribution in [3.05, 3.63) is 35.9 Å². The lowest BCUT2D eigenvalue weighted by Crippen LogP contribution is -2.41. The van der Waals surface area contributed by atoms with Crippen molar-refractivity contribution in [3.8, 4) is 0 Å².